The lowest BCUT2D eigenvalue weighted by Gasteiger charge is -2.33. The van der Waals surface area contributed by atoms with E-state index in [-0.39, 0.29) is 6.10 Å². The number of piperidine rings is 1. The average Bonchev–Trinajstić information content (AvgIpc) is 2.47. The van der Waals surface area contributed by atoms with Crippen molar-refractivity contribution in [3.05, 3.63) is 11.9 Å². The van der Waals surface area contributed by atoms with Crippen LogP contribution in [-0.4, -0.2) is 50.4 Å². The first-order valence-electron chi connectivity index (χ1n) is 6.59. The summed E-state index contributed by atoms with van der Waals surface area (Å²) in [5.41, 5.74) is 0. The van der Waals surface area contributed by atoms with Gasteiger partial charge in [0.1, 0.15) is 18.2 Å². The van der Waals surface area contributed by atoms with Crippen molar-refractivity contribution in [1.29, 1.82) is 0 Å². The standard InChI is InChI=1S/C13H22N4O2/c1-14-11-7-13(16-12(15-11)9-18-2)17-6-4-5-10(8-17)19-3/h7,10H,4-6,8-9H2,1-3H3,(H,14,15,16). The molecule has 0 amide bonds. The van der Waals surface area contributed by atoms with Gasteiger partial charge in [-0.3, -0.25) is 0 Å². The molecule has 6 nitrogen and oxygen atoms in total. The van der Waals surface area contributed by atoms with Gasteiger partial charge in [0.15, 0.2) is 5.82 Å². The molecule has 1 aliphatic rings. The molecule has 0 radical (unpaired) electrons. The Hall–Kier alpha value is -1.40. The van der Waals surface area contributed by atoms with Crippen molar-refractivity contribution in [2.45, 2.75) is 25.6 Å². The highest BCUT2D eigenvalue weighted by Gasteiger charge is 2.21. The van der Waals surface area contributed by atoms with Crippen LogP contribution < -0.4 is 10.2 Å². The molecule has 1 aromatic heterocycles. The molecular weight excluding hydrogens is 244 g/mol. The van der Waals surface area contributed by atoms with E-state index in [9.17, 15) is 0 Å². The van der Waals surface area contributed by atoms with Gasteiger partial charge in [0.05, 0.1) is 6.10 Å². The van der Waals surface area contributed by atoms with Gasteiger partial charge in [-0.05, 0) is 12.8 Å². The Morgan fingerprint density at radius 1 is 1.42 bits per heavy atom. The maximum Gasteiger partial charge on any atom is 0.158 e. The maximum absolute atomic E-state index is 5.45. The predicted molar refractivity (Wildman–Crippen MR) is 74.5 cm³/mol. The van der Waals surface area contributed by atoms with Crippen LogP contribution in [0.3, 0.4) is 0 Å². The number of nitrogens with one attached hydrogen (secondary N) is 1. The first-order valence-corrected chi connectivity index (χ1v) is 6.59. The summed E-state index contributed by atoms with van der Waals surface area (Å²) in [4.78, 5) is 11.2. The Morgan fingerprint density at radius 3 is 2.95 bits per heavy atom. The monoisotopic (exact) mass is 266 g/mol. The van der Waals surface area contributed by atoms with Crippen LogP contribution in [-0.2, 0) is 16.1 Å². The lowest BCUT2D eigenvalue weighted by molar-refractivity contribution is 0.0891. The highest BCUT2D eigenvalue weighted by Crippen LogP contribution is 2.21. The number of rotatable bonds is 5. The molecule has 1 aliphatic heterocycles. The molecule has 2 rings (SSSR count). The summed E-state index contributed by atoms with van der Waals surface area (Å²) in [6.07, 6.45) is 2.52. The lowest BCUT2D eigenvalue weighted by atomic mass is 10.1. The Bertz CT molecular complexity index is 414. The van der Waals surface area contributed by atoms with Gasteiger partial charge < -0.3 is 19.7 Å². The van der Waals surface area contributed by atoms with Crippen molar-refractivity contribution in [2.24, 2.45) is 0 Å². The molecule has 0 aromatic carbocycles. The topological polar surface area (TPSA) is 59.5 Å². The average molecular weight is 266 g/mol. The van der Waals surface area contributed by atoms with E-state index in [1.54, 1.807) is 14.2 Å². The summed E-state index contributed by atoms with van der Waals surface area (Å²) in [7, 11) is 5.28. The van der Waals surface area contributed by atoms with Gasteiger partial charge in [0.25, 0.3) is 0 Å². The minimum atomic E-state index is 0.285. The molecule has 2 heterocycles. The largest absolute Gasteiger partial charge is 0.380 e. The van der Waals surface area contributed by atoms with E-state index in [4.69, 9.17) is 9.47 Å². The summed E-state index contributed by atoms with van der Waals surface area (Å²) in [5, 5.41) is 3.07. The molecule has 1 saturated heterocycles. The molecule has 0 bridgehead atoms. The van der Waals surface area contributed by atoms with E-state index in [1.807, 2.05) is 13.1 Å². The predicted octanol–water partition coefficient (Wildman–Crippen LogP) is 1.28. The highest BCUT2D eigenvalue weighted by atomic mass is 16.5. The summed E-state index contributed by atoms with van der Waals surface area (Å²) in [6, 6.07) is 1.97. The smallest absolute Gasteiger partial charge is 0.158 e. The van der Waals surface area contributed by atoms with Crippen LogP contribution in [0.2, 0.25) is 0 Å². The molecule has 0 saturated carbocycles. The van der Waals surface area contributed by atoms with Gasteiger partial charge in [0, 0.05) is 40.4 Å². The first kappa shape index (κ1) is 14.0. The van der Waals surface area contributed by atoms with Crippen molar-refractivity contribution in [1.82, 2.24) is 9.97 Å². The molecule has 6 heteroatoms. The fourth-order valence-electron chi connectivity index (χ4n) is 2.31. The number of methoxy groups -OCH3 is 2. The van der Waals surface area contributed by atoms with Gasteiger partial charge >= 0.3 is 0 Å². The van der Waals surface area contributed by atoms with E-state index in [0.29, 0.717) is 12.4 Å². The molecule has 0 spiro atoms. The van der Waals surface area contributed by atoms with Crippen molar-refractivity contribution >= 4 is 11.6 Å². The normalized spacial score (nSPS) is 19.5. The number of nitrogens with zero attached hydrogens (tertiary/aromatic N) is 3. The molecule has 1 N–H and O–H groups in total. The minimum absolute atomic E-state index is 0.285. The van der Waals surface area contributed by atoms with Crippen LogP contribution >= 0.6 is 0 Å². The van der Waals surface area contributed by atoms with Crippen LogP contribution in [0.4, 0.5) is 11.6 Å². The molecule has 106 valence electrons. The third-order valence-corrected chi connectivity index (χ3v) is 3.32. The number of hydrogen-bond acceptors (Lipinski definition) is 6. The Labute approximate surface area is 114 Å². The summed E-state index contributed by atoms with van der Waals surface area (Å²) >= 11 is 0. The van der Waals surface area contributed by atoms with Gasteiger partial charge in [-0.15, -0.1) is 0 Å². The molecule has 0 aliphatic carbocycles. The lowest BCUT2D eigenvalue weighted by Crippen LogP contribution is -2.39. The summed E-state index contributed by atoms with van der Waals surface area (Å²) in [5.74, 6) is 2.45. The zero-order chi connectivity index (χ0) is 13.7. The van der Waals surface area contributed by atoms with Gasteiger partial charge in [-0.1, -0.05) is 0 Å². The number of ether oxygens (including phenoxy) is 2. The van der Waals surface area contributed by atoms with Crippen molar-refractivity contribution in [3.8, 4) is 0 Å². The van der Waals surface area contributed by atoms with Gasteiger partial charge in [0.2, 0.25) is 0 Å². The SMILES string of the molecule is CNc1cc(N2CCCC(OC)C2)nc(COC)n1. The second-order valence-corrected chi connectivity index (χ2v) is 4.66. The molecule has 1 aromatic rings. The van der Waals surface area contributed by atoms with Crippen LogP contribution in [0, 0.1) is 0 Å². The second kappa shape index (κ2) is 6.68. The fraction of sp³-hybridized carbons (Fsp3) is 0.692. The number of anilines is 2. The van der Waals surface area contributed by atoms with Crippen LogP contribution in [0.25, 0.3) is 0 Å². The van der Waals surface area contributed by atoms with E-state index in [2.05, 4.69) is 20.2 Å². The molecular formula is C13H22N4O2. The van der Waals surface area contributed by atoms with E-state index < -0.39 is 0 Å². The van der Waals surface area contributed by atoms with Crippen LogP contribution in [0.1, 0.15) is 18.7 Å². The molecule has 19 heavy (non-hydrogen) atoms. The quantitative estimate of drug-likeness (QED) is 0.866. The Balaban J connectivity index is 2.19. The fourth-order valence-corrected chi connectivity index (χ4v) is 2.31. The Morgan fingerprint density at radius 2 is 2.26 bits per heavy atom. The third kappa shape index (κ3) is 3.54. The van der Waals surface area contributed by atoms with E-state index in [1.165, 1.54) is 0 Å². The minimum Gasteiger partial charge on any atom is -0.380 e. The number of aromatic nitrogens is 2. The van der Waals surface area contributed by atoms with Crippen molar-refractivity contribution in [3.63, 3.8) is 0 Å². The summed E-state index contributed by atoms with van der Waals surface area (Å²) in [6.45, 7) is 2.31. The van der Waals surface area contributed by atoms with Crippen molar-refractivity contribution < 1.29 is 9.47 Å². The third-order valence-electron chi connectivity index (χ3n) is 3.32. The van der Waals surface area contributed by atoms with Crippen LogP contribution in [0.5, 0.6) is 0 Å². The molecule has 1 atom stereocenters. The van der Waals surface area contributed by atoms with E-state index >= 15 is 0 Å². The van der Waals surface area contributed by atoms with Crippen molar-refractivity contribution in [2.75, 3.05) is 44.6 Å². The van der Waals surface area contributed by atoms with Gasteiger partial charge in [-0.25, -0.2) is 9.97 Å². The van der Waals surface area contributed by atoms with Crippen LogP contribution in [0.15, 0.2) is 6.07 Å². The van der Waals surface area contributed by atoms with Gasteiger partial charge in [-0.2, -0.15) is 0 Å². The maximum atomic E-state index is 5.45. The highest BCUT2D eigenvalue weighted by molar-refractivity contribution is 5.49. The molecule has 1 fully saturated rings. The van der Waals surface area contributed by atoms with E-state index in [0.717, 1.165) is 37.6 Å². The zero-order valence-corrected chi connectivity index (χ0v) is 11.8. The first-order chi connectivity index (χ1) is 9.26. The Kier molecular flexibility index (Phi) is 4.93. The summed E-state index contributed by atoms with van der Waals surface area (Å²) < 4.78 is 10.6. The zero-order valence-electron chi connectivity index (χ0n) is 11.8. The number of hydrogen-bond donors (Lipinski definition) is 1. The molecule has 1 unspecified atom stereocenters. The second-order valence-electron chi connectivity index (χ2n) is 4.66.